The van der Waals surface area contributed by atoms with Crippen molar-refractivity contribution in [1.82, 2.24) is 15.5 Å². The van der Waals surface area contributed by atoms with Gasteiger partial charge in [0.25, 0.3) is 0 Å². The fraction of sp³-hybridized carbons (Fsp3) is 0.857. The molecule has 0 aromatic carbocycles. The Morgan fingerprint density at radius 2 is 2.10 bits per heavy atom. The van der Waals surface area contributed by atoms with Crippen LogP contribution in [0.4, 0.5) is 0 Å². The maximum absolute atomic E-state index is 11.6. The number of guanidine groups is 1. The van der Waals surface area contributed by atoms with E-state index in [1.165, 1.54) is 6.42 Å². The number of nitrogens with zero attached hydrogens (tertiary/aromatic N) is 2. The van der Waals surface area contributed by atoms with Crippen LogP contribution >= 0.6 is 35.7 Å². The zero-order chi connectivity index (χ0) is 14.8. The third-order valence-electron chi connectivity index (χ3n) is 3.17. The average Bonchev–Trinajstić information content (AvgIpc) is 2.49. The van der Waals surface area contributed by atoms with Gasteiger partial charge < -0.3 is 15.5 Å². The Hall–Kier alpha value is -0.180. The van der Waals surface area contributed by atoms with Crippen molar-refractivity contribution < 1.29 is 4.79 Å². The lowest BCUT2D eigenvalue weighted by Crippen LogP contribution is -2.48. The molecule has 0 saturated carbocycles. The molecular weight excluding hydrogens is 399 g/mol. The molecule has 124 valence electrons. The van der Waals surface area contributed by atoms with Gasteiger partial charge in [0.1, 0.15) is 6.54 Å². The minimum atomic E-state index is 0. The molecule has 1 heterocycles. The molecule has 2 N–H and O–H groups in total. The maximum atomic E-state index is 11.6. The Balaban J connectivity index is 0.00000400. The summed E-state index contributed by atoms with van der Waals surface area (Å²) in [7, 11) is 0. The van der Waals surface area contributed by atoms with Crippen LogP contribution in [-0.2, 0) is 4.79 Å². The second-order valence-corrected chi connectivity index (χ2v) is 6.28. The molecule has 0 bridgehead atoms. The second-order valence-electron chi connectivity index (χ2n) is 4.87. The molecule has 1 unspecified atom stereocenters. The molecule has 21 heavy (non-hydrogen) atoms. The van der Waals surface area contributed by atoms with Crippen molar-refractivity contribution in [2.24, 2.45) is 4.99 Å². The van der Waals surface area contributed by atoms with Crippen LogP contribution in [0.1, 0.15) is 33.6 Å². The van der Waals surface area contributed by atoms with E-state index in [0.717, 1.165) is 44.3 Å². The van der Waals surface area contributed by atoms with Gasteiger partial charge in [-0.3, -0.25) is 4.79 Å². The van der Waals surface area contributed by atoms with Gasteiger partial charge in [-0.1, -0.05) is 13.8 Å². The van der Waals surface area contributed by atoms with Crippen molar-refractivity contribution in [3.8, 4) is 0 Å². The predicted octanol–water partition coefficient (Wildman–Crippen LogP) is 1.92. The van der Waals surface area contributed by atoms with E-state index in [1.807, 2.05) is 18.7 Å². The van der Waals surface area contributed by atoms with E-state index in [2.05, 4.69) is 34.4 Å². The van der Waals surface area contributed by atoms with E-state index in [9.17, 15) is 4.79 Å². The molecule has 1 fully saturated rings. The highest BCUT2D eigenvalue weighted by Gasteiger charge is 2.21. The summed E-state index contributed by atoms with van der Waals surface area (Å²) in [5.74, 6) is 2.00. The SMILES string of the molecule is CCCNC(=O)CN=C(NCC)N1CCSC(CC)C1.I. The van der Waals surface area contributed by atoms with Crippen LogP contribution in [0.5, 0.6) is 0 Å². The van der Waals surface area contributed by atoms with Gasteiger partial charge in [0.2, 0.25) is 5.91 Å². The van der Waals surface area contributed by atoms with Gasteiger partial charge in [0, 0.05) is 37.2 Å². The van der Waals surface area contributed by atoms with E-state index >= 15 is 0 Å². The van der Waals surface area contributed by atoms with Crippen LogP contribution in [-0.4, -0.2) is 60.5 Å². The van der Waals surface area contributed by atoms with Crippen molar-refractivity contribution in [2.75, 3.05) is 38.5 Å². The van der Waals surface area contributed by atoms with Crippen molar-refractivity contribution in [3.05, 3.63) is 0 Å². The first-order valence-corrected chi connectivity index (χ1v) is 8.67. The maximum Gasteiger partial charge on any atom is 0.241 e. The average molecular weight is 428 g/mol. The van der Waals surface area contributed by atoms with E-state index < -0.39 is 0 Å². The molecule has 1 rings (SSSR count). The number of carbonyl (C=O) groups excluding carboxylic acids is 1. The predicted molar refractivity (Wildman–Crippen MR) is 103 cm³/mol. The summed E-state index contributed by atoms with van der Waals surface area (Å²) in [6.45, 7) is 10.1. The normalized spacial score (nSPS) is 18.9. The lowest BCUT2D eigenvalue weighted by atomic mass is 10.3. The number of amides is 1. The van der Waals surface area contributed by atoms with Crippen LogP contribution in [0.2, 0.25) is 0 Å². The quantitative estimate of drug-likeness (QED) is 0.386. The monoisotopic (exact) mass is 428 g/mol. The summed E-state index contributed by atoms with van der Waals surface area (Å²) < 4.78 is 0. The highest BCUT2D eigenvalue weighted by atomic mass is 127. The Morgan fingerprint density at radius 1 is 1.33 bits per heavy atom. The zero-order valence-corrected chi connectivity index (χ0v) is 16.5. The number of carbonyl (C=O) groups is 1. The Morgan fingerprint density at radius 3 is 2.71 bits per heavy atom. The van der Waals surface area contributed by atoms with Crippen LogP contribution < -0.4 is 10.6 Å². The van der Waals surface area contributed by atoms with Gasteiger partial charge in [-0.25, -0.2) is 4.99 Å². The second kappa shape index (κ2) is 12.4. The minimum absolute atomic E-state index is 0. The Bertz CT molecular complexity index is 328. The van der Waals surface area contributed by atoms with E-state index in [-0.39, 0.29) is 36.4 Å². The summed E-state index contributed by atoms with van der Waals surface area (Å²) in [5, 5.41) is 6.82. The van der Waals surface area contributed by atoms with Gasteiger partial charge in [-0.15, -0.1) is 24.0 Å². The summed E-state index contributed by atoms with van der Waals surface area (Å²) in [5.41, 5.74) is 0. The molecule has 1 aliphatic heterocycles. The molecule has 0 spiro atoms. The number of halogens is 1. The van der Waals surface area contributed by atoms with Crippen molar-refractivity contribution in [1.29, 1.82) is 0 Å². The van der Waals surface area contributed by atoms with Crippen LogP contribution in [0, 0.1) is 0 Å². The molecule has 0 aromatic heterocycles. The van der Waals surface area contributed by atoms with Crippen molar-refractivity contribution >= 4 is 47.6 Å². The largest absolute Gasteiger partial charge is 0.357 e. The fourth-order valence-electron chi connectivity index (χ4n) is 2.05. The molecule has 0 aliphatic carbocycles. The first-order valence-electron chi connectivity index (χ1n) is 7.62. The van der Waals surface area contributed by atoms with Crippen LogP contribution in [0.3, 0.4) is 0 Å². The first-order chi connectivity index (χ1) is 9.71. The molecular formula is C14H29IN4OS. The molecule has 1 saturated heterocycles. The lowest BCUT2D eigenvalue weighted by Gasteiger charge is -2.34. The number of nitrogens with one attached hydrogen (secondary N) is 2. The van der Waals surface area contributed by atoms with E-state index in [1.54, 1.807) is 0 Å². The first kappa shape index (κ1) is 20.8. The number of aliphatic imine (C=N–C) groups is 1. The molecule has 7 heteroatoms. The standard InChI is InChI=1S/C14H28N4OS.HI/c1-4-7-16-13(19)10-17-14(15-6-3)18-8-9-20-12(5-2)11-18;/h12H,4-11H2,1-3H3,(H,15,17)(H,16,19);1H. The van der Waals surface area contributed by atoms with Gasteiger partial charge in [0.15, 0.2) is 5.96 Å². The summed E-state index contributed by atoms with van der Waals surface area (Å²) in [4.78, 5) is 18.4. The van der Waals surface area contributed by atoms with E-state index in [4.69, 9.17) is 0 Å². The summed E-state index contributed by atoms with van der Waals surface area (Å²) >= 11 is 2.03. The number of hydrogen-bond acceptors (Lipinski definition) is 3. The van der Waals surface area contributed by atoms with Crippen LogP contribution in [0.25, 0.3) is 0 Å². The number of rotatable bonds is 6. The highest BCUT2D eigenvalue weighted by Crippen LogP contribution is 2.20. The van der Waals surface area contributed by atoms with Crippen molar-refractivity contribution in [3.63, 3.8) is 0 Å². The molecule has 5 nitrogen and oxygen atoms in total. The molecule has 1 amide bonds. The third-order valence-corrected chi connectivity index (χ3v) is 4.55. The molecule has 0 aromatic rings. The van der Waals surface area contributed by atoms with Crippen LogP contribution in [0.15, 0.2) is 4.99 Å². The zero-order valence-electron chi connectivity index (χ0n) is 13.4. The third kappa shape index (κ3) is 8.13. The van der Waals surface area contributed by atoms with Gasteiger partial charge in [0.05, 0.1) is 0 Å². The fourth-order valence-corrected chi connectivity index (χ4v) is 3.23. The highest BCUT2D eigenvalue weighted by molar-refractivity contribution is 14.0. The van der Waals surface area contributed by atoms with Crippen molar-refractivity contribution in [2.45, 2.75) is 38.9 Å². The number of hydrogen-bond donors (Lipinski definition) is 2. The Labute approximate surface area is 150 Å². The van der Waals surface area contributed by atoms with E-state index in [0.29, 0.717) is 5.25 Å². The molecule has 1 aliphatic rings. The molecule has 0 radical (unpaired) electrons. The molecule has 1 atom stereocenters. The minimum Gasteiger partial charge on any atom is -0.357 e. The lowest BCUT2D eigenvalue weighted by molar-refractivity contribution is -0.119. The summed E-state index contributed by atoms with van der Waals surface area (Å²) in [6.07, 6.45) is 2.13. The number of thioether (sulfide) groups is 1. The van der Waals surface area contributed by atoms with Gasteiger partial charge in [-0.2, -0.15) is 11.8 Å². The smallest absolute Gasteiger partial charge is 0.241 e. The van der Waals surface area contributed by atoms with Gasteiger partial charge in [-0.05, 0) is 19.8 Å². The topological polar surface area (TPSA) is 56.7 Å². The Kier molecular flexibility index (Phi) is 12.3. The summed E-state index contributed by atoms with van der Waals surface area (Å²) in [6, 6.07) is 0. The van der Waals surface area contributed by atoms with Gasteiger partial charge >= 0.3 is 0 Å².